The second-order valence-corrected chi connectivity index (χ2v) is 8.34. The van der Waals surface area contributed by atoms with Crippen molar-refractivity contribution in [2.45, 2.75) is 44.8 Å². The van der Waals surface area contributed by atoms with Crippen molar-refractivity contribution < 1.29 is 28.2 Å². The fraction of sp³-hybridized carbons (Fsp3) is 0.308. The zero-order chi connectivity index (χ0) is 24.8. The highest BCUT2D eigenvalue weighted by Gasteiger charge is 2.30. The second kappa shape index (κ2) is 11.0. The monoisotopic (exact) mass is 481 g/mol. The van der Waals surface area contributed by atoms with E-state index in [1.54, 1.807) is 4.90 Å². The molecule has 1 aliphatic heterocycles. The van der Waals surface area contributed by atoms with Gasteiger partial charge in [-0.3, -0.25) is 4.79 Å². The third-order valence-corrected chi connectivity index (χ3v) is 5.97. The van der Waals surface area contributed by atoms with Gasteiger partial charge in [-0.2, -0.15) is 0 Å². The van der Waals surface area contributed by atoms with Crippen LogP contribution in [0.15, 0.2) is 54.7 Å². The van der Waals surface area contributed by atoms with Crippen molar-refractivity contribution in [1.29, 1.82) is 0 Å². The van der Waals surface area contributed by atoms with Crippen molar-refractivity contribution >= 4 is 11.9 Å². The van der Waals surface area contributed by atoms with Crippen LogP contribution in [0.1, 0.15) is 59.2 Å². The van der Waals surface area contributed by atoms with Gasteiger partial charge in [0.25, 0.3) is 0 Å². The number of amides is 1. The molecule has 35 heavy (non-hydrogen) atoms. The van der Waals surface area contributed by atoms with Crippen LogP contribution in [0.2, 0.25) is 0 Å². The zero-order valence-corrected chi connectivity index (χ0v) is 19.0. The van der Waals surface area contributed by atoms with E-state index < -0.39 is 23.6 Å². The molecular formula is C26H25F2N3O4. The van der Waals surface area contributed by atoms with Crippen LogP contribution in [0.5, 0.6) is 5.75 Å². The first-order chi connectivity index (χ1) is 16.9. The summed E-state index contributed by atoms with van der Waals surface area (Å²) >= 11 is 0. The molecule has 1 amide bonds. The number of hydrogen-bond acceptors (Lipinski definition) is 5. The van der Waals surface area contributed by atoms with Gasteiger partial charge in [0.05, 0.1) is 11.7 Å². The summed E-state index contributed by atoms with van der Waals surface area (Å²) in [6.07, 6.45) is 4.53. The third kappa shape index (κ3) is 5.98. The van der Waals surface area contributed by atoms with Crippen molar-refractivity contribution in [1.82, 2.24) is 14.9 Å². The van der Waals surface area contributed by atoms with Crippen molar-refractivity contribution in [3.05, 3.63) is 89.0 Å². The summed E-state index contributed by atoms with van der Waals surface area (Å²) in [6.45, 7) is 0.212. The molecule has 2 heterocycles. The van der Waals surface area contributed by atoms with Crippen LogP contribution in [-0.4, -0.2) is 38.4 Å². The van der Waals surface area contributed by atoms with E-state index in [-0.39, 0.29) is 29.5 Å². The molecule has 0 bridgehead atoms. The number of likely N-dealkylation sites (tertiary alicyclic amines) is 1. The van der Waals surface area contributed by atoms with Gasteiger partial charge in [-0.15, -0.1) is 0 Å². The number of carbonyl (C=O) groups is 2. The van der Waals surface area contributed by atoms with Crippen LogP contribution < -0.4 is 4.74 Å². The molecular weight excluding hydrogens is 456 g/mol. The van der Waals surface area contributed by atoms with Crippen LogP contribution >= 0.6 is 0 Å². The summed E-state index contributed by atoms with van der Waals surface area (Å²) < 4.78 is 32.5. The molecule has 0 spiro atoms. The standard InChI is InChI=1S/C26H25F2N3O4/c27-18-10-11-23(20(28)14-18)35-16-21-19(26(33)34)15-29-25(30-21)22-8-4-5-13-31(22)24(32)12-9-17-6-2-1-3-7-17/h1-3,6-7,10-11,14-15,22H,4-5,8-9,12-13,16H2,(H,33,34)/t22-/m0/s1. The molecule has 1 atom stereocenters. The number of aromatic carboxylic acids is 1. The molecule has 4 rings (SSSR count). The van der Waals surface area contributed by atoms with Crippen LogP contribution in [0.25, 0.3) is 0 Å². The first-order valence-corrected chi connectivity index (χ1v) is 11.4. The van der Waals surface area contributed by atoms with Gasteiger partial charge < -0.3 is 14.7 Å². The average molecular weight is 481 g/mol. The Bertz CT molecular complexity index is 1210. The number of carboxylic acids is 1. The molecule has 182 valence electrons. The van der Waals surface area contributed by atoms with E-state index in [1.807, 2.05) is 30.3 Å². The number of piperidine rings is 1. The Morgan fingerprint density at radius 2 is 1.91 bits per heavy atom. The quantitative estimate of drug-likeness (QED) is 0.501. The smallest absolute Gasteiger partial charge is 0.339 e. The molecule has 2 aromatic carbocycles. The number of hydrogen-bond donors (Lipinski definition) is 1. The van der Waals surface area contributed by atoms with Crippen molar-refractivity contribution in [3.63, 3.8) is 0 Å². The molecule has 1 aromatic heterocycles. The lowest BCUT2D eigenvalue weighted by atomic mass is 9.99. The number of carboxylic acid groups (broad SMARTS) is 1. The predicted molar refractivity (Wildman–Crippen MR) is 123 cm³/mol. The van der Waals surface area contributed by atoms with Gasteiger partial charge in [-0.05, 0) is 43.4 Å². The molecule has 1 aliphatic rings. The summed E-state index contributed by atoms with van der Waals surface area (Å²) in [5.41, 5.74) is 0.937. The number of carbonyl (C=O) groups excluding carboxylic acids is 1. The minimum absolute atomic E-state index is 0.0179. The number of aromatic nitrogens is 2. The maximum atomic E-state index is 14.0. The summed E-state index contributed by atoms with van der Waals surface area (Å²) in [7, 11) is 0. The van der Waals surface area contributed by atoms with E-state index >= 15 is 0 Å². The van der Waals surface area contributed by atoms with Crippen LogP contribution in [0, 0.1) is 11.6 Å². The maximum absolute atomic E-state index is 14.0. The number of rotatable bonds is 8. The summed E-state index contributed by atoms with van der Waals surface area (Å²) in [4.78, 5) is 35.2. The van der Waals surface area contributed by atoms with Gasteiger partial charge in [0.15, 0.2) is 17.4 Å². The Balaban J connectivity index is 1.53. The largest absolute Gasteiger partial charge is 0.484 e. The zero-order valence-electron chi connectivity index (χ0n) is 19.0. The Kier molecular flexibility index (Phi) is 7.64. The van der Waals surface area contributed by atoms with Crippen molar-refractivity contribution in [2.24, 2.45) is 0 Å². The van der Waals surface area contributed by atoms with Gasteiger partial charge in [-0.25, -0.2) is 23.5 Å². The number of benzene rings is 2. The third-order valence-electron chi connectivity index (χ3n) is 5.97. The Labute approximate surface area is 201 Å². The lowest BCUT2D eigenvalue weighted by Crippen LogP contribution is -2.39. The van der Waals surface area contributed by atoms with E-state index in [0.717, 1.165) is 30.5 Å². The highest BCUT2D eigenvalue weighted by Crippen LogP contribution is 2.30. The first kappa shape index (κ1) is 24.3. The molecule has 7 nitrogen and oxygen atoms in total. The highest BCUT2D eigenvalue weighted by atomic mass is 19.1. The lowest BCUT2D eigenvalue weighted by Gasteiger charge is -2.35. The summed E-state index contributed by atoms with van der Waals surface area (Å²) in [5, 5.41) is 9.55. The Morgan fingerprint density at radius 3 is 2.66 bits per heavy atom. The number of halogens is 2. The van der Waals surface area contributed by atoms with Crippen molar-refractivity contribution in [2.75, 3.05) is 6.54 Å². The van der Waals surface area contributed by atoms with Gasteiger partial charge in [0, 0.05) is 25.2 Å². The topological polar surface area (TPSA) is 92.6 Å². The molecule has 3 aromatic rings. The molecule has 1 fully saturated rings. The predicted octanol–water partition coefficient (Wildman–Crippen LogP) is 4.72. The van der Waals surface area contributed by atoms with Crippen LogP contribution in [0.4, 0.5) is 8.78 Å². The van der Waals surface area contributed by atoms with E-state index in [4.69, 9.17) is 4.74 Å². The number of aryl methyl sites for hydroxylation is 1. The average Bonchev–Trinajstić information content (AvgIpc) is 2.87. The van der Waals surface area contributed by atoms with E-state index in [1.165, 1.54) is 6.20 Å². The molecule has 9 heteroatoms. The van der Waals surface area contributed by atoms with Crippen LogP contribution in [-0.2, 0) is 17.8 Å². The maximum Gasteiger partial charge on any atom is 0.339 e. The summed E-state index contributed by atoms with van der Waals surface area (Å²) in [5.74, 6) is -2.83. The highest BCUT2D eigenvalue weighted by molar-refractivity contribution is 5.88. The molecule has 1 saturated heterocycles. The van der Waals surface area contributed by atoms with E-state index in [2.05, 4.69) is 9.97 Å². The summed E-state index contributed by atoms with van der Waals surface area (Å²) in [6, 6.07) is 12.2. The molecule has 0 unspecified atom stereocenters. The van der Waals surface area contributed by atoms with Gasteiger partial charge >= 0.3 is 5.97 Å². The van der Waals surface area contributed by atoms with E-state index in [9.17, 15) is 23.5 Å². The minimum Gasteiger partial charge on any atom is -0.484 e. The lowest BCUT2D eigenvalue weighted by molar-refractivity contribution is -0.135. The van der Waals surface area contributed by atoms with Gasteiger partial charge in [-0.1, -0.05) is 30.3 Å². The Hall–Kier alpha value is -3.88. The fourth-order valence-corrected chi connectivity index (χ4v) is 4.16. The van der Waals surface area contributed by atoms with E-state index in [0.29, 0.717) is 37.7 Å². The molecule has 0 aliphatic carbocycles. The van der Waals surface area contributed by atoms with Crippen LogP contribution in [0.3, 0.4) is 0 Å². The van der Waals surface area contributed by atoms with Gasteiger partial charge in [0.2, 0.25) is 5.91 Å². The SMILES string of the molecule is O=C(O)c1cnc([C@@H]2CCCCN2C(=O)CCc2ccccc2)nc1COc1ccc(F)cc1F. The number of ether oxygens (including phenoxy) is 1. The molecule has 0 radical (unpaired) electrons. The van der Waals surface area contributed by atoms with Gasteiger partial charge in [0.1, 0.15) is 18.0 Å². The Morgan fingerprint density at radius 1 is 1.11 bits per heavy atom. The minimum atomic E-state index is -1.26. The molecule has 1 N–H and O–H groups in total. The molecule has 0 saturated carbocycles. The normalized spacial score (nSPS) is 15.6. The fourth-order valence-electron chi connectivity index (χ4n) is 4.16. The van der Waals surface area contributed by atoms with Crippen molar-refractivity contribution in [3.8, 4) is 5.75 Å². The second-order valence-electron chi connectivity index (χ2n) is 8.34. The first-order valence-electron chi connectivity index (χ1n) is 11.4. The number of nitrogens with zero attached hydrogens (tertiary/aromatic N) is 3.